The van der Waals surface area contributed by atoms with E-state index in [9.17, 15) is 13.2 Å². The lowest BCUT2D eigenvalue weighted by atomic mass is 10.2. The van der Waals surface area contributed by atoms with Gasteiger partial charge in [0.05, 0.1) is 10.9 Å². The Morgan fingerprint density at radius 2 is 1.85 bits per heavy atom. The predicted octanol–water partition coefficient (Wildman–Crippen LogP) is 4.08. The number of rotatable bonds is 5. The SMILES string of the molecule is CC(=O)Nc1ccc(C)c(S(=O)(=O)N(C)C(C)c2cc3ccccc3o2)c1. The fourth-order valence-corrected chi connectivity index (χ4v) is 4.49. The Kier molecular flexibility index (Phi) is 5.08. The van der Waals surface area contributed by atoms with E-state index >= 15 is 0 Å². The number of sulfonamides is 1. The quantitative estimate of drug-likeness (QED) is 0.716. The number of nitrogens with zero attached hydrogens (tertiary/aromatic N) is 1. The van der Waals surface area contributed by atoms with Gasteiger partial charge in [0.15, 0.2) is 0 Å². The van der Waals surface area contributed by atoms with Crippen molar-refractivity contribution in [2.45, 2.75) is 31.7 Å². The number of benzene rings is 2. The minimum atomic E-state index is -3.79. The zero-order valence-electron chi connectivity index (χ0n) is 15.7. The first kappa shape index (κ1) is 19.1. The predicted molar refractivity (Wildman–Crippen MR) is 105 cm³/mol. The van der Waals surface area contributed by atoms with E-state index in [1.54, 1.807) is 26.0 Å². The van der Waals surface area contributed by atoms with Crippen molar-refractivity contribution in [2.24, 2.45) is 0 Å². The maximum absolute atomic E-state index is 13.2. The first-order valence-electron chi connectivity index (χ1n) is 8.55. The van der Waals surface area contributed by atoms with Gasteiger partial charge in [-0.3, -0.25) is 4.79 Å². The van der Waals surface area contributed by atoms with Gasteiger partial charge in [0.25, 0.3) is 0 Å². The number of anilines is 1. The third kappa shape index (κ3) is 3.74. The second-order valence-electron chi connectivity index (χ2n) is 6.55. The van der Waals surface area contributed by atoms with Crippen LogP contribution >= 0.6 is 0 Å². The molecule has 1 atom stereocenters. The number of hydrogen-bond donors (Lipinski definition) is 1. The Morgan fingerprint density at radius 3 is 2.52 bits per heavy atom. The minimum absolute atomic E-state index is 0.152. The summed E-state index contributed by atoms with van der Waals surface area (Å²) in [6, 6.07) is 13.7. The molecule has 1 aromatic heterocycles. The topological polar surface area (TPSA) is 79.6 Å². The molecule has 142 valence electrons. The number of carbonyl (C=O) groups is 1. The summed E-state index contributed by atoms with van der Waals surface area (Å²) in [4.78, 5) is 11.4. The number of nitrogens with one attached hydrogen (secondary N) is 1. The van der Waals surface area contributed by atoms with Gasteiger partial charge in [-0.2, -0.15) is 4.31 Å². The Morgan fingerprint density at radius 1 is 1.15 bits per heavy atom. The van der Waals surface area contributed by atoms with Gasteiger partial charge in [-0.25, -0.2) is 8.42 Å². The smallest absolute Gasteiger partial charge is 0.243 e. The second-order valence-corrected chi connectivity index (χ2v) is 8.51. The summed E-state index contributed by atoms with van der Waals surface area (Å²) >= 11 is 0. The molecule has 1 heterocycles. The summed E-state index contributed by atoms with van der Waals surface area (Å²) < 4.78 is 33.5. The van der Waals surface area contributed by atoms with Crippen LogP contribution in [-0.2, 0) is 14.8 Å². The number of hydrogen-bond acceptors (Lipinski definition) is 4. The molecule has 0 bridgehead atoms. The zero-order chi connectivity index (χ0) is 19.8. The zero-order valence-corrected chi connectivity index (χ0v) is 16.5. The molecule has 1 unspecified atom stereocenters. The molecule has 0 saturated heterocycles. The minimum Gasteiger partial charge on any atom is -0.459 e. The molecular formula is C20H22N2O4S. The van der Waals surface area contributed by atoms with E-state index in [4.69, 9.17) is 4.42 Å². The van der Waals surface area contributed by atoms with Crippen molar-refractivity contribution < 1.29 is 17.6 Å². The third-order valence-electron chi connectivity index (χ3n) is 4.57. The fraction of sp³-hybridized carbons (Fsp3) is 0.250. The molecule has 7 heteroatoms. The lowest BCUT2D eigenvalue weighted by Gasteiger charge is -2.24. The van der Waals surface area contributed by atoms with Crippen LogP contribution in [0.3, 0.4) is 0 Å². The summed E-state index contributed by atoms with van der Waals surface area (Å²) in [6.45, 7) is 4.89. The number of carbonyl (C=O) groups excluding carboxylic acids is 1. The molecule has 6 nitrogen and oxygen atoms in total. The van der Waals surface area contributed by atoms with Gasteiger partial charge in [0.2, 0.25) is 15.9 Å². The fourth-order valence-electron chi connectivity index (χ4n) is 2.91. The maximum Gasteiger partial charge on any atom is 0.243 e. The number of furan rings is 1. The van der Waals surface area contributed by atoms with Crippen LogP contribution in [0.5, 0.6) is 0 Å². The van der Waals surface area contributed by atoms with Crippen LogP contribution in [0, 0.1) is 6.92 Å². The first-order chi connectivity index (χ1) is 12.7. The number of amides is 1. The average molecular weight is 386 g/mol. The number of aryl methyl sites for hydroxylation is 1. The highest BCUT2D eigenvalue weighted by atomic mass is 32.2. The van der Waals surface area contributed by atoms with E-state index in [0.29, 0.717) is 22.6 Å². The Hall–Kier alpha value is -2.64. The molecule has 0 aliphatic carbocycles. The van der Waals surface area contributed by atoms with E-state index in [1.807, 2.05) is 30.3 Å². The van der Waals surface area contributed by atoms with Gasteiger partial charge in [-0.05, 0) is 43.7 Å². The largest absolute Gasteiger partial charge is 0.459 e. The maximum atomic E-state index is 13.2. The van der Waals surface area contributed by atoms with Gasteiger partial charge >= 0.3 is 0 Å². The van der Waals surface area contributed by atoms with Crippen LogP contribution in [-0.4, -0.2) is 25.7 Å². The van der Waals surface area contributed by atoms with Crippen LogP contribution in [0.1, 0.15) is 31.2 Å². The number of fused-ring (bicyclic) bond motifs is 1. The van der Waals surface area contributed by atoms with Gasteiger partial charge in [-0.15, -0.1) is 0 Å². The van der Waals surface area contributed by atoms with Crippen molar-refractivity contribution in [3.05, 3.63) is 59.9 Å². The third-order valence-corrected chi connectivity index (χ3v) is 6.64. The summed E-state index contributed by atoms with van der Waals surface area (Å²) in [5, 5.41) is 3.55. The highest BCUT2D eigenvalue weighted by molar-refractivity contribution is 7.89. The lowest BCUT2D eigenvalue weighted by molar-refractivity contribution is -0.114. The summed E-state index contributed by atoms with van der Waals surface area (Å²) in [5.74, 6) is 0.309. The summed E-state index contributed by atoms with van der Waals surface area (Å²) in [7, 11) is -2.27. The van der Waals surface area contributed by atoms with Crippen molar-refractivity contribution in [3.63, 3.8) is 0 Å². The molecule has 1 N–H and O–H groups in total. The van der Waals surface area contributed by atoms with Crippen molar-refractivity contribution in [3.8, 4) is 0 Å². The molecule has 0 spiro atoms. The van der Waals surface area contributed by atoms with Crippen LogP contribution < -0.4 is 5.32 Å². The van der Waals surface area contributed by atoms with Crippen LogP contribution in [0.15, 0.2) is 57.8 Å². The normalized spacial score (nSPS) is 13.1. The van der Waals surface area contributed by atoms with Gasteiger partial charge in [-0.1, -0.05) is 24.3 Å². The molecule has 27 heavy (non-hydrogen) atoms. The van der Waals surface area contributed by atoms with Crippen LogP contribution in [0.4, 0.5) is 5.69 Å². The van der Waals surface area contributed by atoms with Crippen molar-refractivity contribution >= 4 is 32.6 Å². The highest BCUT2D eigenvalue weighted by Gasteiger charge is 2.29. The Balaban J connectivity index is 1.97. The monoisotopic (exact) mass is 386 g/mol. The summed E-state index contributed by atoms with van der Waals surface area (Å²) in [5.41, 5.74) is 1.76. The van der Waals surface area contributed by atoms with E-state index in [1.165, 1.54) is 24.3 Å². The van der Waals surface area contributed by atoms with Gasteiger partial charge in [0, 0.05) is 25.0 Å². The lowest BCUT2D eigenvalue weighted by Crippen LogP contribution is -2.30. The second kappa shape index (κ2) is 7.17. The molecule has 1 amide bonds. The Labute approximate surface area is 158 Å². The molecule has 3 rings (SSSR count). The number of para-hydroxylation sites is 1. The standard InChI is InChI=1S/C20H22N2O4S/c1-13-9-10-17(21-15(3)23)12-20(13)27(24,25)22(4)14(2)19-11-16-7-5-6-8-18(16)26-19/h5-12,14H,1-4H3,(H,21,23). The Bertz CT molecular complexity index is 1070. The molecule has 0 aliphatic heterocycles. The van der Waals surface area contributed by atoms with E-state index in [0.717, 1.165) is 5.39 Å². The van der Waals surface area contributed by atoms with Crippen LogP contribution in [0.25, 0.3) is 11.0 Å². The summed E-state index contributed by atoms with van der Waals surface area (Å²) in [6.07, 6.45) is 0. The van der Waals surface area contributed by atoms with E-state index < -0.39 is 16.1 Å². The molecule has 0 fully saturated rings. The van der Waals surface area contributed by atoms with Crippen molar-refractivity contribution in [1.29, 1.82) is 0 Å². The molecule has 0 saturated carbocycles. The van der Waals surface area contributed by atoms with Crippen LogP contribution in [0.2, 0.25) is 0 Å². The average Bonchev–Trinajstić information content (AvgIpc) is 3.05. The highest BCUT2D eigenvalue weighted by Crippen LogP contribution is 2.31. The van der Waals surface area contributed by atoms with E-state index in [-0.39, 0.29) is 10.8 Å². The van der Waals surface area contributed by atoms with Gasteiger partial charge < -0.3 is 9.73 Å². The molecule has 3 aromatic rings. The van der Waals surface area contributed by atoms with E-state index in [2.05, 4.69) is 5.32 Å². The van der Waals surface area contributed by atoms with Gasteiger partial charge in [0.1, 0.15) is 11.3 Å². The molecule has 2 aromatic carbocycles. The first-order valence-corrected chi connectivity index (χ1v) is 9.99. The molecule has 0 radical (unpaired) electrons. The molecular weight excluding hydrogens is 364 g/mol. The van der Waals surface area contributed by atoms with Crippen molar-refractivity contribution in [2.75, 3.05) is 12.4 Å². The molecule has 0 aliphatic rings. The van der Waals surface area contributed by atoms with Crippen molar-refractivity contribution in [1.82, 2.24) is 4.31 Å².